The molecule has 1 saturated heterocycles. The third kappa shape index (κ3) is 4.83. The van der Waals surface area contributed by atoms with Crippen molar-refractivity contribution in [1.29, 1.82) is 0 Å². The standard InChI is InChI=1S/C12H16F4O5/c1-10(2)20-7(9(18)21-10)6-8(17)19-5-4-12(15,16)11(3,13)14/h7H,4-6H2,1-3H3. The molecule has 0 bridgehead atoms. The van der Waals surface area contributed by atoms with Gasteiger partial charge in [0.15, 0.2) is 6.10 Å². The van der Waals surface area contributed by atoms with Crippen LogP contribution in [0.3, 0.4) is 0 Å². The van der Waals surface area contributed by atoms with Gasteiger partial charge in [-0.15, -0.1) is 0 Å². The number of ether oxygens (including phenoxy) is 3. The molecule has 0 amide bonds. The van der Waals surface area contributed by atoms with Gasteiger partial charge in [0.05, 0.1) is 19.4 Å². The van der Waals surface area contributed by atoms with Crippen molar-refractivity contribution in [2.24, 2.45) is 0 Å². The lowest BCUT2D eigenvalue weighted by atomic mass is 10.1. The molecule has 0 aliphatic carbocycles. The summed E-state index contributed by atoms with van der Waals surface area (Å²) in [5.74, 6) is -11.5. The summed E-state index contributed by atoms with van der Waals surface area (Å²) >= 11 is 0. The van der Waals surface area contributed by atoms with Crippen molar-refractivity contribution < 1.29 is 41.4 Å². The topological polar surface area (TPSA) is 61.8 Å². The van der Waals surface area contributed by atoms with Gasteiger partial charge in [0.2, 0.25) is 5.79 Å². The lowest BCUT2D eigenvalue weighted by molar-refractivity contribution is -0.206. The Bertz CT molecular complexity index is 416. The average Bonchev–Trinajstić information content (AvgIpc) is 2.49. The van der Waals surface area contributed by atoms with E-state index in [0.29, 0.717) is 0 Å². The number of rotatable bonds is 6. The van der Waals surface area contributed by atoms with Crippen LogP contribution >= 0.6 is 0 Å². The molecule has 0 aromatic heterocycles. The van der Waals surface area contributed by atoms with Gasteiger partial charge >= 0.3 is 23.8 Å². The van der Waals surface area contributed by atoms with E-state index in [0.717, 1.165) is 0 Å². The van der Waals surface area contributed by atoms with Crippen LogP contribution in [0.2, 0.25) is 0 Å². The predicted octanol–water partition coefficient (Wildman–Crippen LogP) is 2.28. The SMILES string of the molecule is CC1(C)OC(=O)C(CC(=O)OCCC(F)(F)C(C)(F)F)O1. The van der Waals surface area contributed by atoms with Gasteiger partial charge in [0.1, 0.15) is 0 Å². The number of hydrogen-bond donors (Lipinski definition) is 0. The Labute approximate surface area is 118 Å². The minimum atomic E-state index is -4.28. The highest BCUT2D eigenvalue weighted by atomic mass is 19.3. The lowest BCUT2D eigenvalue weighted by Gasteiger charge is -2.22. The molecule has 1 atom stereocenters. The van der Waals surface area contributed by atoms with Crippen LogP contribution in [0.1, 0.15) is 33.6 Å². The normalized spacial score (nSPS) is 22.0. The maximum Gasteiger partial charge on any atom is 0.338 e. The molecule has 0 aromatic carbocycles. The summed E-state index contributed by atoms with van der Waals surface area (Å²) in [7, 11) is 0. The number of hydrogen-bond acceptors (Lipinski definition) is 5. The molecule has 1 unspecified atom stereocenters. The van der Waals surface area contributed by atoms with E-state index >= 15 is 0 Å². The van der Waals surface area contributed by atoms with Crippen LogP contribution < -0.4 is 0 Å². The van der Waals surface area contributed by atoms with E-state index in [4.69, 9.17) is 9.47 Å². The number of carbonyl (C=O) groups is 2. The van der Waals surface area contributed by atoms with Gasteiger partial charge < -0.3 is 14.2 Å². The Morgan fingerprint density at radius 3 is 2.33 bits per heavy atom. The van der Waals surface area contributed by atoms with Gasteiger partial charge in [-0.3, -0.25) is 4.79 Å². The zero-order valence-corrected chi connectivity index (χ0v) is 11.8. The van der Waals surface area contributed by atoms with Gasteiger partial charge in [0, 0.05) is 20.8 Å². The second-order valence-electron chi connectivity index (χ2n) is 5.19. The molecule has 1 rings (SSSR count). The van der Waals surface area contributed by atoms with Crippen LogP contribution in [0, 0.1) is 0 Å². The Hall–Kier alpha value is -1.38. The second kappa shape index (κ2) is 5.78. The van der Waals surface area contributed by atoms with Crippen LogP contribution in [0.5, 0.6) is 0 Å². The molecule has 0 radical (unpaired) electrons. The smallest absolute Gasteiger partial charge is 0.338 e. The summed E-state index contributed by atoms with van der Waals surface area (Å²) in [5.41, 5.74) is 0. The largest absolute Gasteiger partial charge is 0.465 e. The van der Waals surface area contributed by atoms with Gasteiger partial charge in [-0.1, -0.05) is 0 Å². The van der Waals surface area contributed by atoms with E-state index < -0.39 is 55.1 Å². The number of carbonyl (C=O) groups excluding carboxylic acids is 2. The maximum absolute atomic E-state index is 12.9. The van der Waals surface area contributed by atoms with Crippen LogP contribution in [0.25, 0.3) is 0 Å². The summed E-state index contributed by atoms with van der Waals surface area (Å²) in [5, 5.41) is 0. The molecule has 1 heterocycles. The van der Waals surface area contributed by atoms with E-state index in [2.05, 4.69) is 4.74 Å². The number of alkyl halides is 4. The van der Waals surface area contributed by atoms with Crippen LogP contribution in [-0.4, -0.2) is 42.3 Å². The molecule has 0 N–H and O–H groups in total. The minimum absolute atomic E-state index is 0.0826. The predicted molar refractivity (Wildman–Crippen MR) is 60.8 cm³/mol. The van der Waals surface area contributed by atoms with Crippen molar-refractivity contribution >= 4 is 11.9 Å². The third-order valence-electron chi connectivity index (χ3n) is 2.71. The molecule has 9 heteroatoms. The van der Waals surface area contributed by atoms with Crippen molar-refractivity contribution in [2.75, 3.05) is 6.61 Å². The summed E-state index contributed by atoms with van der Waals surface area (Å²) in [6, 6.07) is 0. The molecule has 1 aliphatic heterocycles. The molecular formula is C12H16F4O5. The van der Waals surface area contributed by atoms with Crippen molar-refractivity contribution in [3.05, 3.63) is 0 Å². The van der Waals surface area contributed by atoms with Crippen molar-refractivity contribution in [2.45, 2.75) is 57.3 Å². The second-order valence-corrected chi connectivity index (χ2v) is 5.19. The van der Waals surface area contributed by atoms with Gasteiger partial charge in [-0.25, -0.2) is 13.6 Å². The lowest BCUT2D eigenvalue weighted by Crippen LogP contribution is -2.38. The zero-order valence-electron chi connectivity index (χ0n) is 11.8. The Morgan fingerprint density at radius 1 is 1.33 bits per heavy atom. The fourth-order valence-corrected chi connectivity index (χ4v) is 1.57. The number of esters is 2. The molecular weight excluding hydrogens is 300 g/mol. The highest BCUT2D eigenvalue weighted by Gasteiger charge is 2.51. The molecule has 122 valence electrons. The monoisotopic (exact) mass is 316 g/mol. The van der Waals surface area contributed by atoms with Crippen molar-refractivity contribution in [3.8, 4) is 0 Å². The highest BCUT2D eigenvalue weighted by molar-refractivity contribution is 5.83. The summed E-state index contributed by atoms with van der Waals surface area (Å²) in [6.45, 7) is 2.11. The molecule has 1 fully saturated rings. The highest BCUT2D eigenvalue weighted by Crippen LogP contribution is 2.36. The molecule has 0 aromatic rings. The van der Waals surface area contributed by atoms with Gasteiger partial charge in [0.25, 0.3) is 0 Å². The Balaban J connectivity index is 2.38. The van der Waals surface area contributed by atoms with E-state index in [1.54, 1.807) is 0 Å². The van der Waals surface area contributed by atoms with Crippen LogP contribution in [0.4, 0.5) is 17.6 Å². The average molecular weight is 316 g/mol. The summed E-state index contributed by atoms with van der Waals surface area (Å²) < 4.78 is 65.1. The minimum Gasteiger partial charge on any atom is -0.465 e. The maximum atomic E-state index is 12.9. The van der Waals surface area contributed by atoms with Gasteiger partial charge in [-0.2, -0.15) is 8.78 Å². The first-order chi connectivity index (χ1) is 9.34. The van der Waals surface area contributed by atoms with E-state index in [1.807, 2.05) is 0 Å². The van der Waals surface area contributed by atoms with Gasteiger partial charge in [-0.05, 0) is 0 Å². The zero-order chi connectivity index (χ0) is 16.5. The first-order valence-electron chi connectivity index (χ1n) is 6.16. The summed E-state index contributed by atoms with van der Waals surface area (Å²) in [4.78, 5) is 22.7. The van der Waals surface area contributed by atoms with E-state index in [-0.39, 0.29) is 6.92 Å². The molecule has 5 nitrogen and oxygen atoms in total. The third-order valence-corrected chi connectivity index (χ3v) is 2.71. The quantitative estimate of drug-likeness (QED) is 0.556. The fraction of sp³-hybridized carbons (Fsp3) is 0.833. The molecule has 0 spiro atoms. The van der Waals surface area contributed by atoms with Crippen molar-refractivity contribution in [3.63, 3.8) is 0 Å². The number of halogens is 4. The Kier molecular flexibility index (Phi) is 4.87. The number of cyclic esters (lactones) is 1. The van der Waals surface area contributed by atoms with Crippen LogP contribution in [-0.2, 0) is 23.8 Å². The van der Waals surface area contributed by atoms with Crippen molar-refractivity contribution in [1.82, 2.24) is 0 Å². The Morgan fingerprint density at radius 2 is 1.90 bits per heavy atom. The molecule has 0 saturated carbocycles. The first-order valence-corrected chi connectivity index (χ1v) is 6.16. The fourth-order valence-electron chi connectivity index (χ4n) is 1.57. The van der Waals surface area contributed by atoms with Crippen LogP contribution in [0.15, 0.2) is 0 Å². The molecule has 21 heavy (non-hydrogen) atoms. The van der Waals surface area contributed by atoms with E-state index in [9.17, 15) is 27.2 Å². The first kappa shape index (κ1) is 17.7. The summed E-state index contributed by atoms with van der Waals surface area (Å²) in [6.07, 6.45) is -3.04. The van der Waals surface area contributed by atoms with E-state index in [1.165, 1.54) is 13.8 Å². The molecule has 1 aliphatic rings.